The van der Waals surface area contributed by atoms with E-state index in [9.17, 15) is 0 Å². The Morgan fingerprint density at radius 3 is 2.14 bits per heavy atom. The second-order valence-electron chi connectivity index (χ2n) is 6.41. The van der Waals surface area contributed by atoms with Crippen molar-refractivity contribution in [2.75, 3.05) is 19.6 Å². The van der Waals surface area contributed by atoms with Gasteiger partial charge < -0.3 is 5.73 Å². The molecule has 0 aromatic rings. The van der Waals surface area contributed by atoms with Gasteiger partial charge in [0.2, 0.25) is 0 Å². The van der Waals surface area contributed by atoms with Crippen LogP contribution in [0, 0.1) is 11.3 Å². The largest absolute Gasteiger partial charge is 0.323 e. The smallest absolute Gasteiger partial charge is 0.0435 e. The van der Waals surface area contributed by atoms with Gasteiger partial charge in [-0.05, 0) is 24.3 Å². The van der Waals surface area contributed by atoms with Crippen molar-refractivity contribution in [1.29, 1.82) is 0 Å². The standard InChI is InChI=1S/C12H26N2/c1-10(2)12(13)8-14(9-12)7-6-11(3,4)5/h10H,6-9,13H2,1-5H3. The first-order valence-electron chi connectivity index (χ1n) is 5.74. The van der Waals surface area contributed by atoms with Gasteiger partial charge in [0.05, 0.1) is 0 Å². The molecule has 1 heterocycles. The van der Waals surface area contributed by atoms with Gasteiger partial charge in [0.1, 0.15) is 0 Å². The van der Waals surface area contributed by atoms with E-state index in [0.29, 0.717) is 11.3 Å². The summed E-state index contributed by atoms with van der Waals surface area (Å²) in [4.78, 5) is 2.48. The van der Waals surface area contributed by atoms with Crippen molar-refractivity contribution in [2.45, 2.75) is 46.6 Å². The lowest BCUT2D eigenvalue weighted by atomic mass is 9.79. The van der Waals surface area contributed by atoms with Gasteiger partial charge in [-0.2, -0.15) is 0 Å². The summed E-state index contributed by atoms with van der Waals surface area (Å²) in [5.41, 5.74) is 6.78. The Kier molecular flexibility index (Phi) is 3.27. The summed E-state index contributed by atoms with van der Waals surface area (Å²) in [5.74, 6) is 0.605. The van der Waals surface area contributed by atoms with Crippen LogP contribution in [-0.2, 0) is 0 Å². The third kappa shape index (κ3) is 2.96. The molecule has 0 spiro atoms. The minimum absolute atomic E-state index is 0.0951. The zero-order valence-electron chi connectivity index (χ0n) is 10.4. The zero-order valence-corrected chi connectivity index (χ0v) is 10.4. The molecular weight excluding hydrogens is 172 g/mol. The quantitative estimate of drug-likeness (QED) is 0.752. The number of hydrogen-bond donors (Lipinski definition) is 1. The van der Waals surface area contributed by atoms with Gasteiger partial charge in [-0.15, -0.1) is 0 Å². The van der Waals surface area contributed by atoms with E-state index in [-0.39, 0.29) is 5.54 Å². The van der Waals surface area contributed by atoms with E-state index in [0.717, 1.165) is 13.1 Å². The third-order valence-electron chi connectivity index (χ3n) is 3.36. The molecule has 0 radical (unpaired) electrons. The molecule has 0 atom stereocenters. The average Bonchev–Trinajstić information content (AvgIpc) is 1.93. The Labute approximate surface area is 88.8 Å². The number of hydrogen-bond acceptors (Lipinski definition) is 2. The highest BCUT2D eigenvalue weighted by Crippen LogP contribution is 2.28. The first-order chi connectivity index (χ1) is 6.23. The maximum Gasteiger partial charge on any atom is 0.0435 e. The summed E-state index contributed by atoms with van der Waals surface area (Å²) < 4.78 is 0. The molecule has 1 aliphatic heterocycles. The van der Waals surface area contributed by atoms with E-state index in [1.807, 2.05) is 0 Å². The topological polar surface area (TPSA) is 29.3 Å². The highest BCUT2D eigenvalue weighted by molar-refractivity contribution is 5.01. The molecule has 1 rings (SSSR count). The van der Waals surface area contributed by atoms with Crippen LogP contribution in [0.4, 0.5) is 0 Å². The Hall–Kier alpha value is -0.0800. The van der Waals surface area contributed by atoms with Crippen LogP contribution in [-0.4, -0.2) is 30.1 Å². The summed E-state index contributed by atoms with van der Waals surface area (Å²) >= 11 is 0. The molecule has 14 heavy (non-hydrogen) atoms. The Bertz CT molecular complexity index is 185. The summed E-state index contributed by atoms with van der Waals surface area (Å²) in [5, 5.41) is 0. The average molecular weight is 198 g/mol. The van der Waals surface area contributed by atoms with E-state index < -0.39 is 0 Å². The predicted octanol–water partition coefficient (Wildman–Crippen LogP) is 2.09. The van der Waals surface area contributed by atoms with Crippen molar-refractivity contribution >= 4 is 0 Å². The molecule has 0 unspecified atom stereocenters. The van der Waals surface area contributed by atoms with Crippen molar-refractivity contribution in [3.05, 3.63) is 0 Å². The number of nitrogens with two attached hydrogens (primary N) is 1. The molecule has 0 amide bonds. The fourth-order valence-corrected chi connectivity index (χ4v) is 1.80. The van der Waals surface area contributed by atoms with Crippen molar-refractivity contribution in [2.24, 2.45) is 17.1 Å². The summed E-state index contributed by atoms with van der Waals surface area (Å²) in [7, 11) is 0. The fraction of sp³-hybridized carbons (Fsp3) is 1.00. The Morgan fingerprint density at radius 1 is 1.29 bits per heavy atom. The molecule has 84 valence electrons. The molecule has 0 aliphatic carbocycles. The summed E-state index contributed by atoms with van der Waals surface area (Å²) in [6, 6.07) is 0. The maximum absolute atomic E-state index is 6.23. The van der Waals surface area contributed by atoms with E-state index in [1.54, 1.807) is 0 Å². The van der Waals surface area contributed by atoms with Crippen LogP contribution >= 0.6 is 0 Å². The molecule has 2 nitrogen and oxygen atoms in total. The minimum atomic E-state index is 0.0951. The Balaban J connectivity index is 2.22. The molecule has 0 aromatic heterocycles. The molecule has 2 N–H and O–H groups in total. The van der Waals surface area contributed by atoms with Crippen LogP contribution in [0.15, 0.2) is 0 Å². The highest BCUT2D eigenvalue weighted by atomic mass is 15.2. The minimum Gasteiger partial charge on any atom is -0.323 e. The molecule has 0 aromatic carbocycles. The zero-order chi connectivity index (χ0) is 11.0. The van der Waals surface area contributed by atoms with Crippen LogP contribution in [0.1, 0.15) is 41.0 Å². The first-order valence-corrected chi connectivity index (χ1v) is 5.74. The fourth-order valence-electron chi connectivity index (χ4n) is 1.80. The maximum atomic E-state index is 6.23. The molecule has 1 fully saturated rings. The van der Waals surface area contributed by atoms with Gasteiger partial charge in [0.15, 0.2) is 0 Å². The molecule has 1 aliphatic rings. The van der Waals surface area contributed by atoms with E-state index in [2.05, 4.69) is 39.5 Å². The van der Waals surface area contributed by atoms with E-state index in [1.165, 1.54) is 13.0 Å². The molecular formula is C12H26N2. The Morgan fingerprint density at radius 2 is 1.79 bits per heavy atom. The third-order valence-corrected chi connectivity index (χ3v) is 3.36. The van der Waals surface area contributed by atoms with Crippen LogP contribution in [0.2, 0.25) is 0 Å². The van der Waals surface area contributed by atoms with Gasteiger partial charge in [0.25, 0.3) is 0 Å². The van der Waals surface area contributed by atoms with Gasteiger partial charge in [-0.3, -0.25) is 4.90 Å². The van der Waals surface area contributed by atoms with Crippen molar-refractivity contribution in [3.8, 4) is 0 Å². The molecule has 0 saturated carbocycles. The van der Waals surface area contributed by atoms with E-state index >= 15 is 0 Å². The van der Waals surface area contributed by atoms with Gasteiger partial charge >= 0.3 is 0 Å². The summed E-state index contributed by atoms with van der Waals surface area (Å²) in [6.45, 7) is 14.7. The van der Waals surface area contributed by atoms with Gasteiger partial charge in [0, 0.05) is 18.6 Å². The lowest BCUT2D eigenvalue weighted by Crippen LogP contribution is -2.70. The van der Waals surface area contributed by atoms with Gasteiger partial charge in [-0.1, -0.05) is 34.6 Å². The van der Waals surface area contributed by atoms with Crippen LogP contribution in [0.5, 0.6) is 0 Å². The monoisotopic (exact) mass is 198 g/mol. The second kappa shape index (κ2) is 3.82. The van der Waals surface area contributed by atoms with Crippen molar-refractivity contribution in [1.82, 2.24) is 4.90 Å². The van der Waals surface area contributed by atoms with Crippen LogP contribution in [0.3, 0.4) is 0 Å². The lowest BCUT2D eigenvalue weighted by molar-refractivity contribution is 0.0301. The highest BCUT2D eigenvalue weighted by Gasteiger charge is 2.41. The SMILES string of the molecule is CC(C)C1(N)CN(CCC(C)(C)C)C1. The van der Waals surface area contributed by atoms with Crippen LogP contribution in [0.25, 0.3) is 0 Å². The van der Waals surface area contributed by atoms with Crippen molar-refractivity contribution < 1.29 is 0 Å². The second-order valence-corrected chi connectivity index (χ2v) is 6.41. The van der Waals surface area contributed by atoms with Crippen LogP contribution < -0.4 is 5.73 Å². The molecule has 1 saturated heterocycles. The first kappa shape index (κ1) is 12.0. The number of rotatable bonds is 3. The molecule has 0 bridgehead atoms. The predicted molar refractivity (Wildman–Crippen MR) is 62.3 cm³/mol. The number of nitrogens with zero attached hydrogens (tertiary/aromatic N) is 1. The van der Waals surface area contributed by atoms with Crippen molar-refractivity contribution in [3.63, 3.8) is 0 Å². The lowest BCUT2D eigenvalue weighted by Gasteiger charge is -2.51. The summed E-state index contributed by atoms with van der Waals surface area (Å²) in [6.07, 6.45) is 1.27. The number of likely N-dealkylation sites (tertiary alicyclic amines) is 1. The van der Waals surface area contributed by atoms with E-state index in [4.69, 9.17) is 5.73 Å². The molecule has 2 heteroatoms. The van der Waals surface area contributed by atoms with Gasteiger partial charge in [-0.25, -0.2) is 0 Å². The normalized spacial score (nSPS) is 22.5.